The van der Waals surface area contributed by atoms with E-state index < -0.39 is 0 Å². The number of ketones is 1. The Labute approximate surface area is 121 Å². The van der Waals surface area contributed by atoms with Crippen LogP contribution in [0.4, 0.5) is 0 Å². The highest BCUT2D eigenvalue weighted by molar-refractivity contribution is 6.09. The Balaban J connectivity index is 2.07. The summed E-state index contributed by atoms with van der Waals surface area (Å²) in [7, 11) is 0. The summed E-state index contributed by atoms with van der Waals surface area (Å²) in [5, 5.41) is 3.55. The van der Waals surface area contributed by atoms with Crippen molar-refractivity contribution in [3.8, 4) is 0 Å². The maximum atomic E-state index is 12.3. The molecule has 1 aliphatic rings. The smallest absolute Gasteiger partial charge is 0.168 e. The van der Waals surface area contributed by atoms with E-state index >= 15 is 0 Å². The van der Waals surface area contributed by atoms with Gasteiger partial charge >= 0.3 is 0 Å². The zero-order valence-corrected chi connectivity index (χ0v) is 12.5. The third kappa shape index (κ3) is 4.57. The van der Waals surface area contributed by atoms with Gasteiger partial charge in [-0.1, -0.05) is 30.3 Å². The van der Waals surface area contributed by atoms with Gasteiger partial charge in [-0.2, -0.15) is 0 Å². The van der Waals surface area contributed by atoms with Crippen LogP contribution < -0.4 is 5.32 Å². The van der Waals surface area contributed by atoms with Gasteiger partial charge in [0, 0.05) is 36.2 Å². The van der Waals surface area contributed by atoms with E-state index in [9.17, 15) is 4.79 Å². The van der Waals surface area contributed by atoms with E-state index in [1.165, 1.54) is 0 Å². The minimum atomic E-state index is 0.0140. The first-order chi connectivity index (χ1) is 9.57. The van der Waals surface area contributed by atoms with Crippen LogP contribution in [0.25, 0.3) is 0 Å². The lowest BCUT2D eigenvalue weighted by atomic mass is 9.93. The van der Waals surface area contributed by atoms with E-state index in [0.717, 1.165) is 43.6 Å². The van der Waals surface area contributed by atoms with Gasteiger partial charge in [-0.25, -0.2) is 0 Å². The van der Waals surface area contributed by atoms with Crippen molar-refractivity contribution in [1.29, 1.82) is 0 Å². The highest BCUT2D eigenvalue weighted by Crippen LogP contribution is 2.15. The third-order valence-electron chi connectivity index (χ3n) is 3.63. The Morgan fingerprint density at radius 1 is 1.25 bits per heavy atom. The molecule has 20 heavy (non-hydrogen) atoms. The van der Waals surface area contributed by atoms with E-state index in [2.05, 4.69) is 24.2 Å². The molecule has 0 saturated heterocycles. The van der Waals surface area contributed by atoms with Gasteiger partial charge in [0.2, 0.25) is 0 Å². The lowest BCUT2D eigenvalue weighted by molar-refractivity contribution is 0.1000. The Bertz CT molecular complexity index is 477. The van der Waals surface area contributed by atoms with Crippen LogP contribution in [-0.4, -0.2) is 30.1 Å². The van der Waals surface area contributed by atoms with Crippen molar-refractivity contribution in [1.82, 2.24) is 5.32 Å². The number of nitrogens with zero attached hydrogens (tertiary/aromatic N) is 1. The maximum absolute atomic E-state index is 12.3. The first-order valence-electron chi connectivity index (χ1n) is 7.42. The topological polar surface area (TPSA) is 41.5 Å². The number of hydrogen-bond donors (Lipinski definition) is 1. The minimum Gasteiger partial charge on any atom is -0.311 e. The molecule has 1 aliphatic heterocycles. The van der Waals surface area contributed by atoms with Crippen molar-refractivity contribution in [3.63, 3.8) is 0 Å². The van der Waals surface area contributed by atoms with Gasteiger partial charge in [-0.05, 0) is 33.2 Å². The largest absolute Gasteiger partial charge is 0.311 e. The van der Waals surface area contributed by atoms with Crippen LogP contribution in [0.3, 0.4) is 0 Å². The molecule has 2 rings (SSSR count). The van der Waals surface area contributed by atoms with Crippen molar-refractivity contribution >= 4 is 11.5 Å². The summed E-state index contributed by atoms with van der Waals surface area (Å²) in [6.07, 6.45) is 3.51. The molecular weight excluding hydrogens is 248 g/mol. The van der Waals surface area contributed by atoms with Crippen molar-refractivity contribution in [2.24, 2.45) is 4.99 Å². The summed E-state index contributed by atoms with van der Waals surface area (Å²) in [5.74, 6) is 0.166. The average molecular weight is 272 g/mol. The molecule has 0 saturated carbocycles. The molecule has 0 atom stereocenters. The van der Waals surface area contributed by atoms with Crippen LogP contribution in [-0.2, 0) is 0 Å². The number of Topliss-reactive ketones (excluding diaryl/α,β-unsaturated/α-hetero) is 1. The summed E-state index contributed by atoms with van der Waals surface area (Å²) < 4.78 is 0. The summed E-state index contributed by atoms with van der Waals surface area (Å²) in [6, 6.07) is 9.50. The second kappa shape index (κ2) is 6.80. The number of aliphatic imine (C=N–C) groups is 1. The molecule has 108 valence electrons. The quantitative estimate of drug-likeness (QED) is 0.858. The lowest BCUT2D eigenvalue weighted by Gasteiger charge is -2.26. The molecule has 1 aromatic carbocycles. The van der Waals surface area contributed by atoms with Crippen molar-refractivity contribution in [3.05, 3.63) is 35.9 Å². The molecule has 0 aromatic heterocycles. The molecule has 0 fully saturated rings. The molecule has 0 radical (unpaired) electrons. The van der Waals surface area contributed by atoms with Gasteiger partial charge in [0.05, 0.1) is 0 Å². The minimum absolute atomic E-state index is 0.0140. The third-order valence-corrected chi connectivity index (χ3v) is 3.63. The molecule has 0 aliphatic carbocycles. The van der Waals surface area contributed by atoms with E-state index in [4.69, 9.17) is 0 Å². The highest BCUT2D eigenvalue weighted by atomic mass is 16.1. The summed E-state index contributed by atoms with van der Waals surface area (Å²) >= 11 is 0. The van der Waals surface area contributed by atoms with Gasteiger partial charge in [-0.3, -0.25) is 9.79 Å². The SMILES string of the molecule is CC1(C)CC(CC(=O)c2ccccc2)=NCCCCN1. The van der Waals surface area contributed by atoms with Gasteiger partial charge < -0.3 is 5.32 Å². The monoisotopic (exact) mass is 272 g/mol. The van der Waals surface area contributed by atoms with E-state index in [1.807, 2.05) is 30.3 Å². The molecular formula is C17H24N2O. The maximum Gasteiger partial charge on any atom is 0.168 e. The molecule has 0 amide bonds. The average Bonchev–Trinajstić information content (AvgIpc) is 2.50. The van der Waals surface area contributed by atoms with Gasteiger partial charge in [0.25, 0.3) is 0 Å². The molecule has 0 bridgehead atoms. The first kappa shape index (κ1) is 14.9. The van der Waals surface area contributed by atoms with Crippen LogP contribution in [0.15, 0.2) is 35.3 Å². The second-order valence-electron chi connectivity index (χ2n) is 6.11. The molecule has 1 N–H and O–H groups in total. The van der Waals surface area contributed by atoms with Gasteiger partial charge in [0.15, 0.2) is 5.78 Å². The van der Waals surface area contributed by atoms with Gasteiger partial charge in [0.1, 0.15) is 0 Å². The molecule has 3 heteroatoms. The molecule has 1 aromatic rings. The Hall–Kier alpha value is -1.48. The van der Waals surface area contributed by atoms with Crippen LogP contribution in [0.1, 0.15) is 49.9 Å². The van der Waals surface area contributed by atoms with Crippen molar-refractivity contribution in [2.45, 2.75) is 45.1 Å². The predicted molar refractivity (Wildman–Crippen MR) is 83.6 cm³/mol. The predicted octanol–water partition coefficient (Wildman–Crippen LogP) is 3.25. The zero-order valence-electron chi connectivity index (χ0n) is 12.5. The summed E-state index contributed by atoms with van der Waals surface area (Å²) in [6.45, 7) is 6.24. The number of benzene rings is 1. The molecule has 3 nitrogen and oxygen atoms in total. The van der Waals surface area contributed by atoms with Crippen molar-refractivity contribution < 1.29 is 4.79 Å². The van der Waals surface area contributed by atoms with Crippen LogP contribution in [0, 0.1) is 0 Å². The first-order valence-corrected chi connectivity index (χ1v) is 7.42. The van der Waals surface area contributed by atoms with E-state index in [1.54, 1.807) is 0 Å². The number of nitrogens with one attached hydrogen (secondary N) is 1. The second-order valence-corrected chi connectivity index (χ2v) is 6.11. The highest BCUT2D eigenvalue weighted by Gasteiger charge is 2.22. The number of carbonyl (C=O) groups is 1. The fraction of sp³-hybridized carbons (Fsp3) is 0.529. The fourth-order valence-electron chi connectivity index (χ4n) is 2.56. The molecule has 1 heterocycles. The van der Waals surface area contributed by atoms with Crippen LogP contribution >= 0.6 is 0 Å². The zero-order chi connectivity index (χ0) is 14.4. The number of carbonyl (C=O) groups excluding carboxylic acids is 1. The standard InChI is InChI=1S/C17H24N2O/c1-17(2)13-15(18-10-6-7-11-19-17)12-16(20)14-8-4-3-5-9-14/h3-5,8-9,19H,6-7,10-13H2,1-2H3. The summed E-state index contributed by atoms with van der Waals surface area (Å²) in [4.78, 5) is 17.0. The van der Waals surface area contributed by atoms with Crippen LogP contribution in [0.5, 0.6) is 0 Å². The molecule has 0 unspecified atom stereocenters. The normalized spacial score (nSPS) is 19.4. The van der Waals surface area contributed by atoms with Crippen LogP contribution in [0.2, 0.25) is 0 Å². The number of rotatable bonds is 3. The van der Waals surface area contributed by atoms with E-state index in [-0.39, 0.29) is 11.3 Å². The summed E-state index contributed by atoms with van der Waals surface area (Å²) in [5.41, 5.74) is 1.82. The molecule has 0 spiro atoms. The number of hydrogen-bond acceptors (Lipinski definition) is 3. The Morgan fingerprint density at radius 2 is 2.00 bits per heavy atom. The lowest BCUT2D eigenvalue weighted by Crippen LogP contribution is -2.41. The fourth-order valence-corrected chi connectivity index (χ4v) is 2.56. The Kier molecular flexibility index (Phi) is 5.07. The van der Waals surface area contributed by atoms with Crippen molar-refractivity contribution in [2.75, 3.05) is 13.1 Å². The van der Waals surface area contributed by atoms with Gasteiger partial charge in [-0.15, -0.1) is 0 Å². The van der Waals surface area contributed by atoms with E-state index in [0.29, 0.717) is 6.42 Å². The Morgan fingerprint density at radius 3 is 2.75 bits per heavy atom.